The van der Waals surface area contributed by atoms with E-state index in [1.807, 2.05) is 49.6 Å². The predicted molar refractivity (Wildman–Crippen MR) is 80.1 cm³/mol. The fourth-order valence-corrected chi connectivity index (χ4v) is 2.94. The summed E-state index contributed by atoms with van der Waals surface area (Å²) < 4.78 is 5.90. The number of hydrogen-bond acceptors (Lipinski definition) is 3. The molecule has 104 valence electrons. The van der Waals surface area contributed by atoms with Gasteiger partial charge in [0, 0.05) is 23.9 Å². The minimum atomic E-state index is 0.298. The molecule has 1 aromatic carbocycles. The number of benzene rings is 1. The Morgan fingerprint density at radius 3 is 2.90 bits per heavy atom. The molecule has 2 atom stereocenters. The van der Waals surface area contributed by atoms with Crippen molar-refractivity contribution in [3.05, 3.63) is 59.9 Å². The fourth-order valence-electron chi connectivity index (χ4n) is 2.94. The molecular formula is C17H20N2O. The van der Waals surface area contributed by atoms with E-state index >= 15 is 0 Å². The highest BCUT2D eigenvalue weighted by Crippen LogP contribution is 2.33. The number of pyridine rings is 1. The number of likely N-dealkylation sites (N-methyl/N-ethyl adjacent to an activating group) is 1. The van der Waals surface area contributed by atoms with Gasteiger partial charge in [-0.25, -0.2) is 0 Å². The Labute approximate surface area is 120 Å². The lowest BCUT2D eigenvalue weighted by atomic mass is 9.97. The second-order valence-electron chi connectivity index (χ2n) is 5.21. The van der Waals surface area contributed by atoms with Gasteiger partial charge in [0.1, 0.15) is 12.4 Å². The lowest BCUT2D eigenvalue weighted by molar-refractivity contribution is 0.248. The lowest BCUT2D eigenvalue weighted by Gasteiger charge is -2.23. The quantitative estimate of drug-likeness (QED) is 0.905. The molecule has 3 nitrogen and oxygen atoms in total. The molecule has 0 aliphatic heterocycles. The molecular weight excluding hydrogens is 248 g/mol. The van der Waals surface area contributed by atoms with Crippen LogP contribution < -0.4 is 10.1 Å². The number of ether oxygens (including phenoxy) is 1. The van der Waals surface area contributed by atoms with Gasteiger partial charge in [-0.1, -0.05) is 24.3 Å². The zero-order chi connectivity index (χ0) is 13.8. The van der Waals surface area contributed by atoms with E-state index < -0.39 is 0 Å². The van der Waals surface area contributed by atoms with Crippen molar-refractivity contribution in [2.45, 2.75) is 24.8 Å². The van der Waals surface area contributed by atoms with Gasteiger partial charge >= 0.3 is 0 Å². The first-order chi connectivity index (χ1) is 9.88. The summed E-state index contributed by atoms with van der Waals surface area (Å²) in [6.45, 7) is 0.668. The molecule has 0 bridgehead atoms. The van der Waals surface area contributed by atoms with Crippen LogP contribution >= 0.6 is 0 Å². The number of nitrogens with zero attached hydrogens (tertiary/aromatic N) is 1. The molecule has 20 heavy (non-hydrogen) atoms. The molecule has 2 unspecified atom stereocenters. The highest BCUT2D eigenvalue weighted by Gasteiger charge is 2.30. The van der Waals surface area contributed by atoms with Crippen molar-refractivity contribution in [2.75, 3.05) is 13.7 Å². The van der Waals surface area contributed by atoms with Crippen molar-refractivity contribution in [3.8, 4) is 5.75 Å². The average Bonchev–Trinajstić information content (AvgIpc) is 2.93. The number of aromatic nitrogens is 1. The Bertz CT molecular complexity index is 556. The Morgan fingerprint density at radius 2 is 2.10 bits per heavy atom. The standard InChI is InChI=1S/C17H20N2O/c1-18-16(12-20-14-7-3-2-4-8-14)15-10-9-13-6-5-11-19-17(13)15/h2-8,11,15-16,18H,9-10,12H2,1H3. The molecule has 3 rings (SSSR count). The molecule has 0 saturated heterocycles. The van der Waals surface area contributed by atoms with Gasteiger partial charge in [0.15, 0.2) is 0 Å². The summed E-state index contributed by atoms with van der Waals surface area (Å²) >= 11 is 0. The molecule has 2 aromatic rings. The molecule has 1 aliphatic rings. The third-order valence-electron chi connectivity index (χ3n) is 4.03. The molecule has 0 radical (unpaired) electrons. The van der Waals surface area contributed by atoms with Crippen LogP contribution in [0.2, 0.25) is 0 Å². The average molecular weight is 268 g/mol. The van der Waals surface area contributed by atoms with Crippen LogP contribution in [0.25, 0.3) is 0 Å². The molecule has 0 amide bonds. The van der Waals surface area contributed by atoms with Crippen molar-refractivity contribution in [2.24, 2.45) is 0 Å². The number of nitrogens with one attached hydrogen (secondary N) is 1. The number of para-hydroxylation sites is 1. The second kappa shape index (κ2) is 6.06. The summed E-state index contributed by atoms with van der Waals surface area (Å²) in [7, 11) is 2.00. The highest BCUT2D eigenvalue weighted by molar-refractivity contribution is 5.30. The number of aryl methyl sites for hydroxylation is 1. The number of fused-ring (bicyclic) bond motifs is 1. The van der Waals surface area contributed by atoms with E-state index in [0.717, 1.165) is 18.6 Å². The SMILES string of the molecule is CNC(COc1ccccc1)C1CCc2cccnc21. The van der Waals surface area contributed by atoms with E-state index in [1.54, 1.807) is 0 Å². The van der Waals surface area contributed by atoms with Gasteiger partial charge in [-0.15, -0.1) is 0 Å². The number of hydrogen-bond donors (Lipinski definition) is 1. The van der Waals surface area contributed by atoms with Gasteiger partial charge in [0.25, 0.3) is 0 Å². The van der Waals surface area contributed by atoms with Crippen LogP contribution in [0.5, 0.6) is 5.75 Å². The van der Waals surface area contributed by atoms with E-state index in [2.05, 4.69) is 16.4 Å². The van der Waals surface area contributed by atoms with Crippen molar-refractivity contribution in [3.63, 3.8) is 0 Å². The lowest BCUT2D eigenvalue weighted by Crippen LogP contribution is -2.37. The summed E-state index contributed by atoms with van der Waals surface area (Å²) in [6.07, 6.45) is 4.16. The van der Waals surface area contributed by atoms with Gasteiger partial charge in [0.2, 0.25) is 0 Å². The van der Waals surface area contributed by atoms with Gasteiger partial charge in [-0.05, 0) is 43.7 Å². The van der Waals surface area contributed by atoms with Gasteiger partial charge in [-0.2, -0.15) is 0 Å². The summed E-state index contributed by atoms with van der Waals surface area (Å²) in [5, 5.41) is 3.39. The monoisotopic (exact) mass is 268 g/mol. The largest absolute Gasteiger partial charge is 0.492 e. The first-order valence-corrected chi connectivity index (χ1v) is 7.17. The Kier molecular flexibility index (Phi) is 3.97. The summed E-state index contributed by atoms with van der Waals surface area (Å²) in [5.41, 5.74) is 2.63. The zero-order valence-corrected chi connectivity index (χ0v) is 11.8. The molecule has 1 N–H and O–H groups in total. The van der Waals surface area contributed by atoms with Gasteiger partial charge in [0.05, 0.1) is 0 Å². The van der Waals surface area contributed by atoms with Crippen molar-refractivity contribution >= 4 is 0 Å². The highest BCUT2D eigenvalue weighted by atomic mass is 16.5. The fraction of sp³-hybridized carbons (Fsp3) is 0.353. The van der Waals surface area contributed by atoms with Crippen LogP contribution in [-0.2, 0) is 6.42 Å². The maximum Gasteiger partial charge on any atom is 0.119 e. The van der Waals surface area contributed by atoms with Crippen LogP contribution in [0.4, 0.5) is 0 Å². The van der Waals surface area contributed by atoms with E-state index in [4.69, 9.17) is 4.74 Å². The van der Waals surface area contributed by atoms with Crippen LogP contribution in [0.1, 0.15) is 23.6 Å². The summed E-state index contributed by atoms with van der Waals surface area (Å²) in [6, 6.07) is 14.5. The van der Waals surface area contributed by atoms with Gasteiger partial charge in [-0.3, -0.25) is 4.98 Å². The minimum Gasteiger partial charge on any atom is -0.492 e. The van der Waals surface area contributed by atoms with Crippen LogP contribution in [0, 0.1) is 0 Å². The first-order valence-electron chi connectivity index (χ1n) is 7.17. The second-order valence-corrected chi connectivity index (χ2v) is 5.21. The molecule has 1 heterocycles. The predicted octanol–water partition coefficient (Wildman–Crippen LogP) is 2.78. The van der Waals surface area contributed by atoms with Crippen molar-refractivity contribution in [1.82, 2.24) is 10.3 Å². The maximum absolute atomic E-state index is 5.90. The molecule has 0 saturated carbocycles. The topological polar surface area (TPSA) is 34.1 Å². The third-order valence-corrected chi connectivity index (χ3v) is 4.03. The van der Waals surface area contributed by atoms with Crippen LogP contribution in [-0.4, -0.2) is 24.7 Å². The molecule has 0 fully saturated rings. The Hall–Kier alpha value is -1.87. The Morgan fingerprint density at radius 1 is 1.25 bits per heavy atom. The molecule has 3 heteroatoms. The van der Waals surface area contributed by atoms with Crippen molar-refractivity contribution < 1.29 is 4.74 Å². The minimum absolute atomic E-state index is 0.298. The molecule has 1 aliphatic carbocycles. The van der Waals surface area contributed by atoms with Crippen molar-refractivity contribution in [1.29, 1.82) is 0 Å². The first kappa shape index (κ1) is 13.1. The van der Waals surface area contributed by atoms with Crippen LogP contribution in [0.3, 0.4) is 0 Å². The van der Waals surface area contributed by atoms with E-state index in [-0.39, 0.29) is 0 Å². The smallest absolute Gasteiger partial charge is 0.119 e. The van der Waals surface area contributed by atoms with Crippen LogP contribution in [0.15, 0.2) is 48.7 Å². The normalized spacial score (nSPS) is 18.6. The molecule has 0 spiro atoms. The summed E-state index contributed by atoms with van der Waals surface area (Å²) in [5.74, 6) is 1.37. The Balaban J connectivity index is 1.69. The van der Waals surface area contributed by atoms with Gasteiger partial charge < -0.3 is 10.1 Å². The zero-order valence-electron chi connectivity index (χ0n) is 11.8. The molecule has 1 aromatic heterocycles. The summed E-state index contributed by atoms with van der Waals surface area (Å²) in [4.78, 5) is 4.57. The van der Waals surface area contributed by atoms with E-state index in [0.29, 0.717) is 18.6 Å². The van der Waals surface area contributed by atoms with E-state index in [9.17, 15) is 0 Å². The number of rotatable bonds is 5. The third kappa shape index (κ3) is 2.68. The maximum atomic E-state index is 5.90. The van der Waals surface area contributed by atoms with E-state index in [1.165, 1.54) is 11.3 Å².